The predicted molar refractivity (Wildman–Crippen MR) is 61.0 cm³/mol. The average Bonchev–Trinajstić information content (AvgIpc) is 3.03. The molecule has 5 heteroatoms. The van der Waals surface area contributed by atoms with Gasteiger partial charge in [-0.25, -0.2) is 0 Å². The summed E-state index contributed by atoms with van der Waals surface area (Å²) in [6, 6.07) is 9.05. The minimum absolute atomic E-state index is 0. The topological polar surface area (TPSA) is 62.9 Å². The van der Waals surface area contributed by atoms with Crippen molar-refractivity contribution in [2.45, 2.75) is 0 Å². The molecule has 1 aliphatic carbocycles. The molecule has 0 bridgehead atoms. The number of allylic oxidation sites excluding steroid dienone is 4. The van der Waals surface area contributed by atoms with E-state index in [2.05, 4.69) is 28.9 Å². The molecule has 92 valence electrons. The Balaban J connectivity index is -0.000000220. The molecule has 0 spiro atoms. The first-order chi connectivity index (χ1) is 8.80. The summed E-state index contributed by atoms with van der Waals surface area (Å²) in [5.41, 5.74) is 0.692. The summed E-state index contributed by atoms with van der Waals surface area (Å²) in [4.78, 5) is 0. The summed E-state index contributed by atoms with van der Waals surface area (Å²) < 4.78 is 14.9. The van der Waals surface area contributed by atoms with E-state index in [-0.39, 0.29) is 23.5 Å². The Morgan fingerprint density at radius 2 is 1.32 bits per heavy atom. The molecule has 0 saturated carbocycles. The van der Waals surface area contributed by atoms with Gasteiger partial charge in [-0.05, 0) is 0 Å². The number of hydrogen-bond acceptors (Lipinski definition) is 1. The Bertz CT molecular complexity index is 406. The Morgan fingerprint density at radius 1 is 0.895 bits per heavy atom. The van der Waals surface area contributed by atoms with Crippen LogP contribution in [0.3, 0.4) is 0 Å². The first-order valence-electron chi connectivity index (χ1n) is 4.63. The van der Waals surface area contributed by atoms with Gasteiger partial charge in [-0.3, -0.25) is 0 Å². The number of rotatable bonds is 1. The van der Waals surface area contributed by atoms with Gasteiger partial charge in [-0.15, -0.1) is 0 Å². The summed E-state index contributed by atoms with van der Waals surface area (Å²) >= 11 is 2.84. The second kappa shape index (κ2) is 19.5. The SMILES string of the molecule is [C-]#[O+].[C-]#[O+].[CH]1C=CC=C1.[Li+].[O-][C](=[Mn])c1ccccc1. The second-order valence-electron chi connectivity index (χ2n) is 2.60. The van der Waals surface area contributed by atoms with Crippen LogP contribution in [-0.2, 0) is 24.9 Å². The molecule has 19 heavy (non-hydrogen) atoms. The van der Waals surface area contributed by atoms with Crippen LogP contribution in [-0.4, -0.2) is 4.60 Å². The number of benzene rings is 1. The fourth-order valence-electron chi connectivity index (χ4n) is 0.890. The zero-order valence-corrected chi connectivity index (χ0v) is 11.6. The molecule has 0 aromatic heterocycles. The summed E-state index contributed by atoms with van der Waals surface area (Å²) in [6.45, 7) is 9.00. The standard InChI is InChI=1S/C7H5O.C5H5.2CO.Li.Mn/c8-6-7-4-2-1-3-5-7;1-2-4-5-3-1;2*1-2;;/h1-5H;1-5H;;;;/q-1;;;;+1;. The van der Waals surface area contributed by atoms with Gasteiger partial charge >= 0.3 is 103 Å². The zero-order chi connectivity index (χ0) is 14.2. The van der Waals surface area contributed by atoms with Gasteiger partial charge in [-0.1, -0.05) is 24.3 Å². The van der Waals surface area contributed by atoms with Crippen LogP contribution in [0.1, 0.15) is 5.56 Å². The molecule has 0 fully saturated rings. The Hall–Kier alpha value is -0.873. The second-order valence-corrected chi connectivity index (χ2v) is 3.14. The van der Waals surface area contributed by atoms with Crippen LogP contribution < -0.4 is 24.0 Å². The van der Waals surface area contributed by atoms with Gasteiger partial charge in [0.15, 0.2) is 0 Å². The van der Waals surface area contributed by atoms with Crippen molar-refractivity contribution in [1.29, 1.82) is 0 Å². The van der Waals surface area contributed by atoms with E-state index in [1.807, 2.05) is 48.9 Å². The monoisotopic (exact) mass is 288 g/mol. The van der Waals surface area contributed by atoms with Gasteiger partial charge in [0, 0.05) is 6.42 Å². The van der Waals surface area contributed by atoms with Gasteiger partial charge in [0.2, 0.25) is 0 Å². The zero-order valence-electron chi connectivity index (χ0n) is 10.4. The predicted octanol–water partition coefficient (Wildman–Crippen LogP) is -1.68. The third kappa shape index (κ3) is 15.1. The van der Waals surface area contributed by atoms with Crippen LogP contribution in [0.4, 0.5) is 0 Å². The third-order valence-electron chi connectivity index (χ3n) is 1.56. The van der Waals surface area contributed by atoms with Crippen molar-refractivity contribution in [2.24, 2.45) is 0 Å². The van der Waals surface area contributed by atoms with E-state index in [1.54, 1.807) is 12.1 Å². The Kier molecular flexibility index (Phi) is 23.8. The molecular weight excluding hydrogens is 278 g/mol. The first kappa shape index (κ1) is 23.2. The first-order valence-corrected chi connectivity index (χ1v) is 5.22. The van der Waals surface area contributed by atoms with E-state index in [9.17, 15) is 5.11 Å². The third-order valence-corrected chi connectivity index (χ3v) is 1.90. The molecule has 1 aromatic carbocycles. The van der Waals surface area contributed by atoms with Crippen molar-refractivity contribution < 1.29 is 48.8 Å². The number of hydrogen-bond donors (Lipinski definition) is 0. The van der Waals surface area contributed by atoms with Gasteiger partial charge in [-0.2, -0.15) is 0 Å². The van der Waals surface area contributed by atoms with Crippen molar-refractivity contribution in [3.63, 3.8) is 0 Å². The molecule has 0 aliphatic heterocycles. The van der Waals surface area contributed by atoms with Crippen molar-refractivity contribution in [1.82, 2.24) is 0 Å². The molecule has 3 nitrogen and oxygen atoms in total. The van der Waals surface area contributed by atoms with Crippen molar-refractivity contribution in [2.75, 3.05) is 0 Å². The van der Waals surface area contributed by atoms with Crippen molar-refractivity contribution in [3.8, 4) is 0 Å². The van der Waals surface area contributed by atoms with Crippen LogP contribution >= 0.6 is 0 Å². The van der Waals surface area contributed by atoms with Crippen molar-refractivity contribution in [3.05, 3.63) is 79.9 Å². The average molecular weight is 288 g/mol. The molecule has 0 saturated heterocycles. The van der Waals surface area contributed by atoms with E-state index < -0.39 is 0 Å². The Labute approximate surface area is 133 Å². The van der Waals surface area contributed by atoms with Crippen LogP contribution in [0, 0.1) is 19.7 Å². The fraction of sp³-hybridized carbons (Fsp3) is 0. The summed E-state index contributed by atoms with van der Waals surface area (Å²) in [5, 5.41) is 10.6. The van der Waals surface area contributed by atoms with E-state index in [1.165, 1.54) is 0 Å². The maximum atomic E-state index is 10.6. The normalized spacial score (nSPS) is 9.11. The molecule has 0 atom stereocenters. The molecular formula is C14H10LiMnO3. The van der Waals surface area contributed by atoms with E-state index in [0.29, 0.717) is 5.56 Å². The maximum absolute atomic E-state index is 10.6. The fourth-order valence-corrected chi connectivity index (χ4v) is 1.09. The molecule has 1 aliphatic rings. The molecule has 1 radical (unpaired) electrons. The molecule has 0 unspecified atom stereocenters. The molecule has 0 N–H and O–H groups in total. The van der Waals surface area contributed by atoms with Gasteiger partial charge in [0.1, 0.15) is 0 Å². The van der Waals surface area contributed by atoms with E-state index in [0.717, 1.165) is 0 Å². The summed E-state index contributed by atoms with van der Waals surface area (Å²) in [5.74, 6) is 0. The molecule has 1 aromatic rings. The van der Waals surface area contributed by atoms with E-state index >= 15 is 0 Å². The van der Waals surface area contributed by atoms with Crippen LogP contribution in [0.5, 0.6) is 0 Å². The van der Waals surface area contributed by atoms with Crippen molar-refractivity contribution >= 4 is 4.60 Å². The minimum atomic E-state index is -0.0666. The van der Waals surface area contributed by atoms with Gasteiger partial charge in [0.25, 0.3) is 0 Å². The van der Waals surface area contributed by atoms with Crippen LogP contribution in [0.25, 0.3) is 0 Å². The van der Waals surface area contributed by atoms with Crippen LogP contribution in [0.2, 0.25) is 0 Å². The summed E-state index contributed by atoms with van der Waals surface area (Å²) in [7, 11) is 0. The van der Waals surface area contributed by atoms with E-state index in [4.69, 9.17) is 9.30 Å². The van der Waals surface area contributed by atoms with Crippen LogP contribution in [0.15, 0.2) is 54.6 Å². The summed E-state index contributed by atoms with van der Waals surface area (Å²) in [6.07, 6.45) is 10.0. The van der Waals surface area contributed by atoms with Gasteiger partial charge < -0.3 is 0 Å². The molecule has 2 rings (SSSR count). The Morgan fingerprint density at radius 3 is 1.53 bits per heavy atom. The molecule has 0 amide bonds. The molecule has 0 heterocycles. The quantitative estimate of drug-likeness (QED) is 0.346. The van der Waals surface area contributed by atoms with Gasteiger partial charge in [0.05, 0.1) is 0 Å².